The molecule has 28 heavy (non-hydrogen) atoms. The van der Waals surface area contributed by atoms with Crippen molar-refractivity contribution in [3.05, 3.63) is 59.7 Å². The number of aromatic nitrogens is 4. The zero-order chi connectivity index (χ0) is 20.1. The summed E-state index contributed by atoms with van der Waals surface area (Å²) in [5.74, 6) is -0.114. The molecule has 0 bridgehead atoms. The quantitative estimate of drug-likeness (QED) is 0.643. The first-order valence-corrected chi connectivity index (χ1v) is 9.52. The third-order valence-corrected chi connectivity index (χ3v) is 4.79. The number of benzene rings is 2. The molecule has 2 aromatic carbocycles. The molecule has 9 heteroatoms. The number of anilines is 1. The fourth-order valence-electron chi connectivity index (χ4n) is 2.40. The number of hydrogen-bond acceptors (Lipinski definition) is 6. The van der Waals surface area contributed by atoms with Crippen molar-refractivity contribution < 1.29 is 9.59 Å². The van der Waals surface area contributed by atoms with E-state index < -0.39 is 0 Å². The van der Waals surface area contributed by atoms with Crippen molar-refractivity contribution in [1.29, 1.82) is 0 Å². The summed E-state index contributed by atoms with van der Waals surface area (Å²) in [6.45, 7) is 2.01. The van der Waals surface area contributed by atoms with E-state index in [1.165, 1.54) is 16.7 Å². The molecule has 2 amide bonds. The second kappa shape index (κ2) is 8.66. The Morgan fingerprint density at radius 2 is 1.75 bits per heavy atom. The molecule has 1 N–H and O–H groups in total. The summed E-state index contributed by atoms with van der Waals surface area (Å²) in [6, 6.07) is 14.6. The van der Waals surface area contributed by atoms with E-state index in [9.17, 15) is 9.59 Å². The average Bonchev–Trinajstić information content (AvgIpc) is 3.15. The van der Waals surface area contributed by atoms with Crippen molar-refractivity contribution in [2.24, 2.45) is 0 Å². The molecule has 0 spiro atoms. The lowest BCUT2D eigenvalue weighted by Crippen LogP contribution is -2.21. The lowest BCUT2D eigenvalue weighted by atomic mass is 10.2. The van der Waals surface area contributed by atoms with E-state index in [0.717, 1.165) is 11.3 Å². The number of nitrogens with one attached hydrogen (secondary N) is 1. The summed E-state index contributed by atoms with van der Waals surface area (Å²) >= 11 is 1.25. The van der Waals surface area contributed by atoms with Crippen LogP contribution in [0.4, 0.5) is 5.69 Å². The first-order valence-electron chi connectivity index (χ1n) is 8.54. The summed E-state index contributed by atoms with van der Waals surface area (Å²) in [6.07, 6.45) is 0. The summed E-state index contributed by atoms with van der Waals surface area (Å²) < 4.78 is 1.60. The van der Waals surface area contributed by atoms with Crippen molar-refractivity contribution in [1.82, 2.24) is 25.1 Å². The minimum Gasteiger partial charge on any atom is -0.345 e. The Balaban J connectivity index is 1.59. The van der Waals surface area contributed by atoms with E-state index >= 15 is 0 Å². The lowest BCUT2D eigenvalue weighted by molar-refractivity contribution is -0.113. The van der Waals surface area contributed by atoms with Gasteiger partial charge in [0.2, 0.25) is 11.1 Å². The molecule has 0 radical (unpaired) electrons. The van der Waals surface area contributed by atoms with Crippen LogP contribution in [0.15, 0.2) is 53.7 Å². The molecule has 3 rings (SSSR count). The topological polar surface area (TPSA) is 93.0 Å². The Morgan fingerprint density at radius 3 is 2.39 bits per heavy atom. The van der Waals surface area contributed by atoms with Crippen molar-refractivity contribution in [3.63, 3.8) is 0 Å². The number of thioether (sulfide) groups is 1. The van der Waals surface area contributed by atoms with E-state index in [2.05, 4.69) is 20.8 Å². The number of amides is 2. The lowest BCUT2D eigenvalue weighted by Gasteiger charge is -2.11. The zero-order valence-electron chi connectivity index (χ0n) is 15.8. The Kier molecular flexibility index (Phi) is 6.05. The molecule has 1 aromatic heterocycles. The second-order valence-electron chi connectivity index (χ2n) is 6.32. The van der Waals surface area contributed by atoms with Gasteiger partial charge in [-0.3, -0.25) is 9.59 Å². The van der Waals surface area contributed by atoms with Crippen molar-refractivity contribution >= 4 is 29.3 Å². The van der Waals surface area contributed by atoms with Crippen molar-refractivity contribution in [3.8, 4) is 5.69 Å². The van der Waals surface area contributed by atoms with Gasteiger partial charge in [0, 0.05) is 25.3 Å². The van der Waals surface area contributed by atoms with Crippen molar-refractivity contribution in [2.75, 3.05) is 25.2 Å². The number of tetrazole rings is 1. The molecule has 144 valence electrons. The minimum absolute atomic E-state index is 0.0867. The zero-order valence-corrected chi connectivity index (χ0v) is 16.6. The van der Waals surface area contributed by atoms with Crippen LogP contribution >= 0.6 is 11.8 Å². The molecule has 0 aliphatic rings. The molecule has 0 saturated heterocycles. The number of hydrogen-bond donors (Lipinski definition) is 1. The van der Waals surface area contributed by atoms with Gasteiger partial charge < -0.3 is 10.2 Å². The number of aryl methyl sites for hydroxylation is 1. The summed E-state index contributed by atoms with van der Waals surface area (Å²) in [7, 11) is 3.39. The number of rotatable bonds is 6. The predicted octanol–water partition coefficient (Wildman–Crippen LogP) is 2.40. The van der Waals surface area contributed by atoms with Crippen LogP contribution in [-0.2, 0) is 4.79 Å². The Bertz CT molecular complexity index is 967. The monoisotopic (exact) mass is 396 g/mol. The summed E-state index contributed by atoms with van der Waals surface area (Å²) in [5.41, 5.74) is 3.16. The van der Waals surface area contributed by atoms with E-state index in [1.54, 1.807) is 43.0 Å². The van der Waals surface area contributed by atoms with Gasteiger partial charge >= 0.3 is 0 Å². The molecule has 3 aromatic rings. The fraction of sp³-hybridized carbons (Fsp3) is 0.211. The smallest absolute Gasteiger partial charge is 0.253 e. The van der Waals surface area contributed by atoms with Crippen LogP contribution in [0.5, 0.6) is 0 Å². The van der Waals surface area contributed by atoms with Gasteiger partial charge in [-0.25, -0.2) is 0 Å². The summed E-state index contributed by atoms with van der Waals surface area (Å²) in [4.78, 5) is 25.6. The van der Waals surface area contributed by atoms with E-state index in [0.29, 0.717) is 16.4 Å². The van der Waals surface area contributed by atoms with Crippen LogP contribution in [0.1, 0.15) is 15.9 Å². The maximum absolute atomic E-state index is 12.2. The van der Waals surface area contributed by atoms with Gasteiger partial charge in [-0.15, -0.1) is 5.10 Å². The van der Waals surface area contributed by atoms with Crippen LogP contribution in [0.3, 0.4) is 0 Å². The highest BCUT2D eigenvalue weighted by atomic mass is 32.2. The van der Waals surface area contributed by atoms with Crippen LogP contribution in [-0.4, -0.2) is 56.8 Å². The standard InChI is InChI=1S/C19H20N6O2S/c1-13-4-10-16(11-5-13)25-19(21-22-23-25)28-12-17(26)20-15-8-6-14(7-9-15)18(27)24(2)3/h4-11H,12H2,1-3H3,(H,20,26). The molecule has 0 fully saturated rings. The maximum atomic E-state index is 12.2. The van der Waals surface area contributed by atoms with Gasteiger partial charge in [0.25, 0.3) is 5.91 Å². The van der Waals surface area contributed by atoms with E-state index in [4.69, 9.17) is 0 Å². The largest absolute Gasteiger partial charge is 0.345 e. The SMILES string of the molecule is Cc1ccc(-n2nnnc2SCC(=O)Nc2ccc(C(=O)N(C)C)cc2)cc1. The van der Waals surface area contributed by atoms with Gasteiger partial charge in [0.05, 0.1) is 11.4 Å². The third kappa shape index (κ3) is 4.74. The normalized spacial score (nSPS) is 10.5. The van der Waals surface area contributed by atoms with Gasteiger partial charge in [-0.2, -0.15) is 4.68 Å². The van der Waals surface area contributed by atoms with Crippen LogP contribution < -0.4 is 5.32 Å². The predicted molar refractivity (Wildman–Crippen MR) is 108 cm³/mol. The van der Waals surface area contributed by atoms with E-state index in [1.807, 2.05) is 31.2 Å². The van der Waals surface area contributed by atoms with Gasteiger partial charge in [0.15, 0.2) is 0 Å². The van der Waals surface area contributed by atoms with Crippen LogP contribution in [0, 0.1) is 6.92 Å². The molecule has 8 nitrogen and oxygen atoms in total. The number of nitrogens with zero attached hydrogens (tertiary/aromatic N) is 5. The molecular weight excluding hydrogens is 376 g/mol. The Labute approximate surface area is 166 Å². The second-order valence-corrected chi connectivity index (χ2v) is 7.27. The number of carbonyl (C=O) groups is 2. The molecule has 0 aliphatic carbocycles. The van der Waals surface area contributed by atoms with E-state index in [-0.39, 0.29) is 17.6 Å². The third-order valence-electron chi connectivity index (χ3n) is 3.87. The Morgan fingerprint density at radius 1 is 1.07 bits per heavy atom. The molecule has 1 heterocycles. The van der Waals surface area contributed by atoms with Crippen molar-refractivity contribution in [2.45, 2.75) is 12.1 Å². The molecule has 0 aliphatic heterocycles. The first-order chi connectivity index (χ1) is 13.4. The maximum Gasteiger partial charge on any atom is 0.253 e. The van der Waals surface area contributed by atoms with Gasteiger partial charge in [-0.05, 0) is 53.7 Å². The highest BCUT2D eigenvalue weighted by molar-refractivity contribution is 7.99. The molecule has 0 atom stereocenters. The molecule has 0 unspecified atom stereocenters. The summed E-state index contributed by atoms with van der Waals surface area (Å²) in [5, 5.41) is 15.0. The van der Waals surface area contributed by atoms with Gasteiger partial charge in [-0.1, -0.05) is 29.5 Å². The highest BCUT2D eigenvalue weighted by Gasteiger charge is 2.12. The van der Waals surface area contributed by atoms with Crippen LogP contribution in [0.25, 0.3) is 5.69 Å². The van der Waals surface area contributed by atoms with Gasteiger partial charge in [0.1, 0.15) is 0 Å². The first kappa shape index (κ1) is 19.6. The number of carbonyl (C=O) groups excluding carboxylic acids is 2. The molecule has 0 saturated carbocycles. The molecular formula is C19H20N6O2S. The highest BCUT2D eigenvalue weighted by Crippen LogP contribution is 2.19. The fourth-order valence-corrected chi connectivity index (χ4v) is 3.09. The minimum atomic E-state index is -0.185. The average molecular weight is 396 g/mol. The Hall–Kier alpha value is -3.20. The van der Waals surface area contributed by atoms with Crippen LogP contribution in [0.2, 0.25) is 0 Å².